The van der Waals surface area contributed by atoms with Crippen LogP contribution in [-0.2, 0) is 9.53 Å². The van der Waals surface area contributed by atoms with Crippen molar-refractivity contribution in [2.45, 2.75) is 19.8 Å². The lowest BCUT2D eigenvalue weighted by Gasteiger charge is -2.39. The van der Waals surface area contributed by atoms with Crippen LogP contribution >= 0.6 is 11.5 Å². The van der Waals surface area contributed by atoms with Gasteiger partial charge in [-0.15, -0.1) is 5.10 Å². The highest BCUT2D eigenvalue weighted by Gasteiger charge is 2.39. The van der Waals surface area contributed by atoms with E-state index in [4.69, 9.17) is 4.74 Å². The van der Waals surface area contributed by atoms with E-state index in [9.17, 15) is 9.59 Å². The number of amides is 2. The van der Waals surface area contributed by atoms with Gasteiger partial charge in [-0.25, -0.2) is 0 Å². The predicted molar refractivity (Wildman–Crippen MR) is 95.5 cm³/mol. The Balaban J connectivity index is 1.71. The first-order valence-corrected chi connectivity index (χ1v) is 9.09. The number of benzene rings is 1. The fraction of sp³-hybridized carbons (Fsp3) is 0.529. The second-order valence-electron chi connectivity index (χ2n) is 6.60. The SMILES string of the molecule is COCCNC(=O)C1(C)CCCN(C(=O)c2ccc3snnc3c2)C1. The third kappa shape index (κ3) is 3.80. The molecule has 2 amide bonds. The largest absolute Gasteiger partial charge is 0.383 e. The molecule has 1 aliphatic heterocycles. The highest BCUT2D eigenvalue weighted by molar-refractivity contribution is 7.12. The van der Waals surface area contributed by atoms with Gasteiger partial charge in [0.15, 0.2) is 0 Å². The van der Waals surface area contributed by atoms with Gasteiger partial charge in [0.25, 0.3) is 5.91 Å². The maximum absolute atomic E-state index is 12.9. The van der Waals surface area contributed by atoms with Crippen LogP contribution in [0.3, 0.4) is 0 Å². The fourth-order valence-corrected chi connectivity index (χ4v) is 3.71. The number of likely N-dealkylation sites (tertiary alicyclic amines) is 1. The van der Waals surface area contributed by atoms with Crippen LogP contribution in [0.15, 0.2) is 18.2 Å². The first-order chi connectivity index (χ1) is 12.0. The molecular formula is C17H22N4O3S. The van der Waals surface area contributed by atoms with Crippen molar-refractivity contribution in [2.24, 2.45) is 5.41 Å². The molecular weight excluding hydrogens is 340 g/mol. The zero-order chi connectivity index (χ0) is 17.9. The summed E-state index contributed by atoms with van der Waals surface area (Å²) in [7, 11) is 1.60. The lowest BCUT2D eigenvalue weighted by molar-refractivity contribution is -0.132. The number of fused-ring (bicyclic) bond motifs is 1. The van der Waals surface area contributed by atoms with E-state index in [1.165, 1.54) is 11.5 Å². The number of hydrogen-bond acceptors (Lipinski definition) is 6. The number of rotatable bonds is 5. The smallest absolute Gasteiger partial charge is 0.253 e. The molecule has 2 heterocycles. The predicted octanol–water partition coefficient (Wildman–Crippen LogP) is 1.70. The minimum atomic E-state index is -0.575. The van der Waals surface area contributed by atoms with Gasteiger partial charge in [0.2, 0.25) is 5.91 Å². The summed E-state index contributed by atoms with van der Waals surface area (Å²) < 4.78 is 9.82. The molecule has 1 saturated heterocycles. The summed E-state index contributed by atoms with van der Waals surface area (Å²) in [5.41, 5.74) is 0.741. The molecule has 7 nitrogen and oxygen atoms in total. The number of carbonyl (C=O) groups excluding carboxylic acids is 2. The summed E-state index contributed by atoms with van der Waals surface area (Å²) in [4.78, 5) is 27.1. The Morgan fingerprint density at radius 3 is 3.08 bits per heavy atom. The third-order valence-corrected chi connectivity index (χ3v) is 5.32. The molecule has 1 fully saturated rings. The maximum atomic E-state index is 12.9. The molecule has 0 bridgehead atoms. The van der Waals surface area contributed by atoms with Gasteiger partial charge in [0.1, 0.15) is 5.52 Å². The molecule has 1 aromatic heterocycles. The van der Waals surface area contributed by atoms with Crippen molar-refractivity contribution in [1.82, 2.24) is 19.8 Å². The van der Waals surface area contributed by atoms with E-state index in [0.29, 0.717) is 31.8 Å². The third-order valence-electron chi connectivity index (χ3n) is 4.62. The van der Waals surface area contributed by atoms with Gasteiger partial charge >= 0.3 is 0 Å². The van der Waals surface area contributed by atoms with Gasteiger partial charge in [-0.05, 0) is 49.5 Å². The average molecular weight is 362 g/mol. The van der Waals surface area contributed by atoms with Crippen molar-refractivity contribution >= 4 is 33.6 Å². The Bertz CT molecular complexity index is 778. The van der Waals surface area contributed by atoms with E-state index in [0.717, 1.165) is 23.1 Å². The van der Waals surface area contributed by atoms with Crippen molar-refractivity contribution in [3.63, 3.8) is 0 Å². The van der Waals surface area contributed by atoms with E-state index in [1.807, 2.05) is 13.0 Å². The van der Waals surface area contributed by atoms with Gasteiger partial charge in [-0.1, -0.05) is 4.49 Å². The second kappa shape index (κ2) is 7.45. The van der Waals surface area contributed by atoms with E-state index in [-0.39, 0.29) is 11.8 Å². The topological polar surface area (TPSA) is 84.4 Å². The van der Waals surface area contributed by atoms with Gasteiger partial charge < -0.3 is 15.0 Å². The van der Waals surface area contributed by atoms with Crippen molar-refractivity contribution in [3.8, 4) is 0 Å². The molecule has 0 aliphatic carbocycles. The molecule has 1 N–H and O–H groups in total. The number of piperidine rings is 1. The second-order valence-corrected chi connectivity index (χ2v) is 7.38. The van der Waals surface area contributed by atoms with E-state index in [2.05, 4.69) is 14.9 Å². The van der Waals surface area contributed by atoms with E-state index < -0.39 is 5.41 Å². The van der Waals surface area contributed by atoms with Crippen LogP contribution in [-0.4, -0.2) is 59.7 Å². The average Bonchev–Trinajstić information content (AvgIpc) is 3.09. The van der Waals surface area contributed by atoms with E-state index in [1.54, 1.807) is 24.1 Å². The number of methoxy groups -OCH3 is 1. The summed E-state index contributed by atoms with van der Waals surface area (Å²) in [6.45, 7) is 3.95. The first-order valence-electron chi connectivity index (χ1n) is 8.32. The number of nitrogens with one attached hydrogen (secondary N) is 1. The zero-order valence-corrected chi connectivity index (χ0v) is 15.3. The molecule has 1 unspecified atom stereocenters. The number of hydrogen-bond donors (Lipinski definition) is 1. The monoisotopic (exact) mass is 362 g/mol. The Morgan fingerprint density at radius 2 is 2.28 bits per heavy atom. The Morgan fingerprint density at radius 1 is 1.44 bits per heavy atom. The van der Waals surface area contributed by atoms with E-state index >= 15 is 0 Å². The summed E-state index contributed by atoms with van der Waals surface area (Å²) >= 11 is 1.31. The molecule has 1 aromatic carbocycles. The van der Waals surface area contributed by atoms with Crippen molar-refractivity contribution in [1.29, 1.82) is 0 Å². The summed E-state index contributed by atoms with van der Waals surface area (Å²) in [6.07, 6.45) is 1.57. The number of aromatic nitrogens is 2. The molecule has 8 heteroatoms. The van der Waals surface area contributed by atoms with Gasteiger partial charge in [-0.2, -0.15) is 0 Å². The van der Waals surface area contributed by atoms with Gasteiger partial charge in [0.05, 0.1) is 16.7 Å². The first kappa shape index (κ1) is 17.8. The summed E-state index contributed by atoms with van der Waals surface area (Å²) in [5, 5.41) is 6.92. The van der Waals surface area contributed by atoms with Crippen LogP contribution in [0.2, 0.25) is 0 Å². The zero-order valence-electron chi connectivity index (χ0n) is 14.4. The fourth-order valence-electron chi connectivity index (χ4n) is 3.17. The number of nitrogens with zero attached hydrogens (tertiary/aromatic N) is 3. The van der Waals surface area contributed by atoms with Crippen molar-refractivity contribution < 1.29 is 14.3 Å². The van der Waals surface area contributed by atoms with Crippen LogP contribution in [0.1, 0.15) is 30.1 Å². The van der Waals surface area contributed by atoms with Gasteiger partial charge in [0, 0.05) is 32.3 Å². The highest BCUT2D eigenvalue weighted by atomic mass is 32.1. The van der Waals surface area contributed by atoms with Crippen molar-refractivity contribution in [2.75, 3.05) is 33.4 Å². The maximum Gasteiger partial charge on any atom is 0.253 e. The van der Waals surface area contributed by atoms with Crippen LogP contribution in [0.4, 0.5) is 0 Å². The highest BCUT2D eigenvalue weighted by Crippen LogP contribution is 2.31. The quantitative estimate of drug-likeness (QED) is 0.819. The van der Waals surface area contributed by atoms with Gasteiger partial charge in [-0.3, -0.25) is 9.59 Å². The van der Waals surface area contributed by atoms with Crippen LogP contribution in [0.5, 0.6) is 0 Å². The Hall–Kier alpha value is -2.06. The molecule has 134 valence electrons. The molecule has 0 saturated carbocycles. The minimum absolute atomic E-state index is 0.0267. The number of carbonyl (C=O) groups is 2. The molecule has 0 radical (unpaired) electrons. The Kier molecular flexibility index (Phi) is 5.29. The summed E-state index contributed by atoms with van der Waals surface area (Å²) in [5.74, 6) is -0.0910. The normalized spacial score (nSPS) is 20.6. The molecule has 2 aromatic rings. The standard InChI is InChI=1S/C17H22N4O3S/c1-17(16(23)18-7-9-24-2)6-3-8-21(11-17)15(22)12-4-5-14-13(10-12)19-20-25-14/h4-5,10H,3,6-9,11H2,1-2H3,(H,18,23). The molecule has 0 spiro atoms. The molecule has 1 atom stereocenters. The lowest BCUT2D eigenvalue weighted by atomic mass is 9.80. The van der Waals surface area contributed by atoms with Crippen molar-refractivity contribution in [3.05, 3.63) is 23.8 Å². The molecule has 25 heavy (non-hydrogen) atoms. The molecule has 3 rings (SSSR count). The van der Waals surface area contributed by atoms with Crippen LogP contribution < -0.4 is 5.32 Å². The Labute approximate surface area is 150 Å². The summed E-state index contributed by atoms with van der Waals surface area (Å²) in [6, 6.07) is 5.44. The molecule has 1 aliphatic rings. The lowest BCUT2D eigenvalue weighted by Crippen LogP contribution is -2.52. The minimum Gasteiger partial charge on any atom is -0.383 e. The van der Waals surface area contributed by atoms with Crippen LogP contribution in [0.25, 0.3) is 10.2 Å². The van der Waals surface area contributed by atoms with Crippen LogP contribution in [0, 0.1) is 5.41 Å². The number of ether oxygens (including phenoxy) is 1.